The van der Waals surface area contributed by atoms with Gasteiger partial charge in [0.2, 0.25) is 0 Å². The number of hydrogen-bond acceptors (Lipinski definition) is 2. The summed E-state index contributed by atoms with van der Waals surface area (Å²) >= 11 is 0. The molecular formula is C21H34N2. The highest BCUT2D eigenvalue weighted by Crippen LogP contribution is 2.15. The van der Waals surface area contributed by atoms with E-state index >= 15 is 0 Å². The van der Waals surface area contributed by atoms with E-state index in [1.165, 1.54) is 70.6 Å². The summed E-state index contributed by atoms with van der Waals surface area (Å²) in [6.07, 6.45) is 16.1. The number of rotatable bonds is 11. The Balaban J connectivity index is 1.96. The van der Waals surface area contributed by atoms with E-state index in [0.29, 0.717) is 11.4 Å². The van der Waals surface area contributed by atoms with Gasteiger partial charge in [-0.15, -0.1) is 0 Å². The molecule has 0 amide bonds. The lowest BCUT2D eigenvalue weighted by molar-refractivity contribution is 0.551. The van der Waals surface area contributed by atoms with E-state index in [9.17, 15) is 0 Å². The van der Waals surface area contributed by atoms with E-state index < -0.39 is 0 Å². The largest absolute Gasteiger partial charge is 0.397 e. The van der Waals surface area contributed by atoms with Gasteiger partial charge in [-0.1, -0.05) is 83.0 Å². The first-order valence-corrected chi connectivity index (χ1v) is 9.38. The van der Waals surface area contributed by atoms with Crippen LogP contribution in [-0.4, -0.2) is 0 Å². The van der Waals surface area contributed by atoms with E-state index in [2.05, 4.69) is 18.8 Å². The zero-order valence-corrected chi connectivity index (χ0v) is 14.9. The second-order valence-electron chi connectivity index (χ2n) is 6.43. The van der Waals surface area contributed by atoms with Crippen LogP contribution in [0.2, 0.25) is 0 Å². The average molecular weight is 315 g/mol. The summed E-state index contributed by atoms with van der Waals surface area (Å²) in [6, 6.07) is 5.60. The molecule has 0 aliphatic rings. The maximum atomic E-state index is 5.77. The third-order valence-corrected chi connectivity index (χ3v) is 4.22. The van der Waals surface area contributed by atoms with Crippen molar-refractivity contribution >= 4 is 11.4 Å². The van der Waals surface area contributed by atoms with Gasteiger partial charge < -0.3 is 11.5 Å². The molecule has 0 spiro atoms. The van der Waals surface area contributed by atoms with Crippen LogP contribution in [0.5, 0.6) is 0 Å². The van der Waals surface area contributed by atoms with E-state index in [0.717, 1.165) is 12.0 Å². The van der Waals surface area contributed by atoms with Crippen molar-refractivity contribution in [2.75, 3.05) is 11.5 Å². The van der Waals surface area contributed by atoms with Gasteiger partial charge in [0.25, 0.3) is 0 Å². The van der Waals surface area contributed by atoms with Crippen molar-refractivity contribution in [2.45, 2.75) is 84.0 Å². The summed E-state index contributed by atoms with van der Waals surface area (Å²) in [6.45, 7) is 2.27. The summed E-state index contributed by atoms with van der Waals surface area (Å²) < 4.78 is 0. The van der Waals surface area contributed by atoms with Crippen molar-refractivity contribution in [3.8, 4) is 11.8 Å². The molecule has 0 bridgehead atoms. The van der Waals surface area contributed by atoms with Gasteiger partial charge in [-0.25, -0.2) is 0 Å². The minimum Gasteiger partial charge on any atom is -0.397 e. The van der Waals surface area contributed by atoms with Crippen LogP contribution in [0.3, 0.4) is 0 Å². The quantitative estimate of drug-likeness (QED) is 0.303. The van der Waals surface area contributed by atoms with Gasteiger partial charge in [0, 0.05) is 12.0 Å². The van der Waals surface area contributed by atoms with Gasteiger partial charge in [-0.2, -0.15) is 0 Å². The van der Waals surface area contributed by atoms with E-state index in [-0.39, 0.29) is 0 Å². The molecule has 0 aromatic heterocycles. The van der Waals surface area contributed by atoms with E-state index in [1.807, 2.05) is 18.2 Å². The van der Waals surface area contributed by atoms with Crippen molar-refractivity contribution < 1.29 is 0 Å². The average Bonchev–Trinajstić information content (AvgIpc) is 2.55. The monoisotopic (exact) mass is 314 g/mol. The standard InChI is InChI=1S/C21H34N2/c1-2-3-4-5-6-7-8-9-10-11-12-13-14-15-19-16-17-20(22)21(23)18-19/h16-18H,2-13,22-23H2,1H3. The van der Waals surface area contributed by atoms with Crippen LogP contribution < -0.4 is 11.5 Å². The highest BCUT2D eigenvalue weighted by atomic mass is 14.7. The van der Waals surface area contributed by atoms with Crippen LogP contribution in [0.4, 0.5) is 11.4 Å². The van der Waals surface area contributed by atoms with Gasteiger partial charge >= 0.3 is 0 Å². The predicted molar refractivity (Wildman–Crippen MR) is 103 cm³/mol. The number of nitrogen functional groups attached to an aromatic ring is 2. The predicted octanol–water partition coefficient (Wildman–Crippen LogP) is 5.90. The van der Waals surface area contributed by atoms with Crippen molar-refractivity contribution in [1.82, 2.24) is 0 Å². The second kappa shape index (κ2) is 12.9. The van der Waals surface area contributed by atoms with Gasteiger partial charge in [0.15, 0.2) is 0 Å². The van der Waals surface area contributed by atoms with Gasteiger partial charge in [-0.3, -0.25) is 0 Å². The van der Waals surface area contributed by atoms with Crippen molar-refractivity contribution in [2.24, 2.45) is 0 Å². The smallest absolute Gasteiger partial charge is 0.0560 e. The lowest BCUT2D eigenvalue weighted by Gasteiger charge is -2.01. The Kier molecular flexibility index (Phi) is 10.9. The third kappa shape index (κ3) is 9.89. The Morgan fingerprint density at radius 1 is 0.739 bits per heavy atom. The zero-order chi connectivity index (χ0) is 16.8. The first-order valence-electron chi connectivity index (χ1n) is 9.38. The lowest BCUT2D eigenvalue weighted by Crippen LogP contribution is -1.94. The molecule has 128 valence electrons. The molecule has 0 saturated heterocycles. The van der Waals surface area contributed by atoms with Crippen molar-refractivity contribution in [1.29, 1.82) is 0 Å². The van der Waals surface area contributed by atoms with Crippen LogP contribution in [0, 0.1) is 11.8 Å². The molecule has 2 heteroatoms. The molecule has 0 atom stereocenters. The molecule has 1 aromatic rings. The minimum absolute atomic E-state index is 0.617. The fraction of sp³-hybridized carbons (Fsp3) is 0.619. The SMILES string of the molecule is CCCCCCCCCCCCCC#Cc1ccc(N)c(N)c1. The Hall–Kier alpha value is -1.62. The van der Waals surface area contributed by atoms with Gasteiger partial charge in [0.1, 0.15) is 0 Å². The van der Waals surface area contributed by atoms with Crippen LogP contribution in [-0.2, 0) is 0 Å². The molecule has 0 heterocycles. The summed E-state index contributed by atoms with van der Waals surface area (Å²) in [5.74, 6) is 6.40. The van der Waals surface area contributed by atoms with Crippen molar-refractivity contribution in [3.63, 3.8) is 0 Å². The molecule has 0 radical (unpaired) electrons. The first kappa shape index (κ1) is 19.4. The van der Waals surface area contributed by atoms with Crippen LogP contribution in [0.25, 0.3) is 0 Å². The molecule has 1 aromatic carbocycles. The van der Waals surface area contributed by atoms with Crippen LogP contribution in [0.15, 0.2) is 18.2 Å². The topological polar surface area (TPSA) is 52.0 Å². The Morgan fingerprint density at radius 2 is 1.30 bits per heavy atom. The van der Waals surface area contributed by atoms with E-state index in [1.54, 1.807) is 0 Å². The maximum absolute atomic E-state index is 5.77. The molecule has 4 N–H and O–H groups in total. The minimum atomic E-state index is 0.617. The molecular weight excluding hydrogens is 280 g/mol. The fourth-order valence-electron chi connectivity index (χ4n) is 2.69. The molecule has 0 aliphatic carbocycles. The number of hydrogen-bond donors (Lipinski definition) is 2. The fourth-order valence-corrected chi connectivity index (χ4v) is 2.69. The van der Waals surface area contributed by atoms with Crippen LogP contribution in [0.1, 0.15) is 89.5 Å². The molecule has 0 fully saturated rings. The number of unbranched alkanes of at least 4 members (excludes halogenated alkanes) is 11. The molecule has 0 aliphatic heterocycles. The molecule has 1 rings (SSSR count). The summed E-state index contributed by atoms with van der Waals surface area (Å²) in [7, 11) is 0. The third-order valence-electron chi connectivity index (χ3n) is 4.22. The Labute approximate surface area is 143 Å². The molecule has 2 nitrogen and oxygen atoms in total. The Bertz CT molecular complexity index is 482. The highest BCUT2D eigenvalue weighted by molar-refractivity contribution is 5.65. The second-order valence-corrected chi connectivity index (χ2v) is 6.43. The van der Waals surface area contributed by atoms with Gasteiger partial charge in [-0.05, 0) is 24.6 Å². The zero-order valence-electron chi connectivity index (χ0n) is 14.9. The summed E-state index contributed by atoms with van der Waals surface area (Å²) in [5, 5.41) is 0. The highest BCUT2D eigenvalue weighted by Gasteiger charge is 1.94. The summed E-state index contributed by atoms with van der Waals surface area (Å²) in [5.41, 5.74) is 13.7. The molecule has 0 saturated carbocycles. The normalized spacial score (nSPS) is 10.3. The molecule has 23 heavy (non-hydrogen) atoms. The van der Waals surface area contributed by atoms with Crippen molar-refractivity contribution in [3.05, 3.63) is 23.8 Å². The first-order chi connectivity index (χ1) is 11.2. The van der Waals surface area contributed by atoms with E-state index in [4.69, 9.17) is 11.5 Å². The van der Waals surface area contributed by atoms with Gasteiger partial charge in [0.05, 0.1) is 11.4 Å². The lowest BCUT2D eigenvalue weighted by atomic mass is 10.1. The number of nitrogens with two attached hydrogens (primary N) is 2. The molecule has 0 unspecified atom stereocenters. The number of anilines is 2. The maximum Gasteiger partial charge on any atom is 0.0560 e. The van der Waals surface area contributed by atoms with Crippen LogP contribution >= 0.6 is 0 Å². The summed E-state index contributed by atoms with van der Waals surface area (Å²) in [4.78, 5) is 0. The number of benzene rings is 1. The Morgan fingerprint density at radius 3 is 1.87 bits per heavy atom.